The van der Waals surface area contributed by atoms with Crippen LogP contribution in [0.5, 0.6) is 0 Å². The number of aromatic nitrogens is 3. The van der Waals surface area contributed by atoms with Crippen LogP contribution in [0.4, 0.5) is 0 Å². The molecule has 0 radical (unpaired) electrons. The fourth-order valence-corrected chi connectivity index (χ4v) is 2.97. The molecule has 1 amide bonds. The number of benzene rings is 2. The average molecular weight is 363 g/mol. The Morgan fingerprint density at radius 3 is 2.37 bits per heavy atom. The summed E-state index contributed by atoms with van der Waals surface area (Å²) in [4.78, 5) is 18.6. The molecule has 6 heteroatoms. The lowest BCUT2D eigenvalue weighted by molar-refractivity contribution is 0.0942. The van der Waals surface area contributed by atoms with Gasteiger partial charge in [-0.3, -0.25) is 4.79 Å². The highest BCUT2D eigenvalue weighted by Crippen LogP contribution is 2.18. The number of nitrogens with one attached hydrogen (secondary N) is 1. The van der Waals surface area contributed by atoms with Crippen molar-refractivity contribution in [1.29, 1.82) is 0 Å². The molecular formula is C21H25N5O. The fourth-order valence-electron chi connectivity index (χ4n) is 2.97. The summed E-state index contributed by atoms with van der Waals surface area (Å²) in [5.41, 5.74) is 4.00. The molecular weight excluding hydrogens is 338 g/mol. The molecule has 1 heterocycles. The normalized spacial score (nSPS) is 12.1. The highest BCUT2D eigenvalue weighted by Gasteiger charge is 2.16. The zero-order valence-corrected chi connectivity index (χ0v) is 16.0. The third kappa shape index (κ3) is 4.60. The molecule has 140 valence electrons. The van der Waals surface area contributed by atoms with Gasteiger partial charge in [0.15, 0.2) is 0 Å². The van der Waals surface area contributed by atoms with E-state index in [0.717, 1.165) is 12.1 Å². The smallest absolute Gasteiger partial charge is 0.251 e. The summed E-state index contributed by atoms with van der Waals surface area (Å²) in [5.74, 6) is -0.0860. The molecule has 3 aromatic rings. The molecule has 0 fully saturated rings. The van der Waals surface area contributed by atoms with Gasteiger partial charge in [-0.2, -0.15) is 5.10 Å². The molecule has 0 saturated carbocycles. The fraction of sp³-hybridized carbons (Fsp3) is 0.286. The molecule has 0 bridgehead atoms. The topological polar surface area (TPSA) is 63.1 Å². The standard InChI is InChI=1S/C21H25N5O/c1-4-16-5-7-17(8-6-16)20(25(2)3)13-23-21(27)18-9-11-19(12-10-18)26-15-22-14-24-26/h5-12,14-15,20H,4,13H2,1-3H3,(H,23,27). The van der Waals surface area contributed by atoms with Crippen molar-refractivity contribution in [2.45, 2.75) is 19.4 Å². The van der Waals surface area contributed by atoms with Gasteiger partial charge in [0.2, 0.25) is 0 Å². The van der Waals surface area contributed by atoms with Crippen molar-refractivity contribution in [3.8, 4) is 5.69 Å². The first-order valence-electron chi connectivity index (χ1n) is 9.07. The third-order valence-electron chi connectivity index (χ3n) is 4.66. The van der Waals surface area contributed by atoms with Gasteiger partial charge in [-0.1, -0.05) is 31.2 Å². The first-order valence-corrected chi connectivity index (χ1v) is 9.07. The average Bonchev–Trinajstić information content (AvgIpc) is 3.23. The van der Waals surface area contributed by atoms with Crippen LogP contribution in [0.25, 0.3) is 5.69 Å². The maximum absolute atomic E-state index is 12.5. The van der Waals surface area contributed by atoms with Gasteiger partial charge in [0.05, 0.1) is 11.7 Å². The molecule has 0 aliphatic rings. The monoisotopic (exact) mass is 363 g/mol. The molecule has 6 nitrogen and oxygen atoms in total. The Morgan fingerprint density at radius 2 is 1.81 bits per heavy atom. The summed E-state index contributed by atoms with van der Waals surface area (Å²) in [6.07, 6.45) is 4.13. The highest BCUT2D eigenvalue weighted by molar-refractivity contribution is 5.94. The van der Waals surface area contributed by atoms with Crippen LogP contribution in [-0.2, 0) is 6.42 Å². The number of carbonyl (C=O) groups is 1. The molecule has 1 atom stereocenters. The summed E-state index contributed by atoms with van der Waals surface area (Å²) in [5, 5.41) is 7.13. The quantitative estimate of drug-likeness (QED) is 0.701. The van der Waals surface area contributed by atoms with Crippen LogP contribution in [0.2, 0.25) is 0 Å². The van der Waals surface area contributed by atoms with Crippen LogP contribution in [0.3, 0.4) is 0 Å². The minimum Gasteiger partial charge on any atom is -0.350 e. The van der Waals surface area contributed by atoms with E-state index < -0.39 is 0 Å². The van der Waals surface area contributed by atoms with E-state index in [1.54, 1.807) is 23.1 Å². The molecule has 0 aliphatic carbocycles. The number of carbonyl (C=O) groups excluding carboxylic acids is 1. The molecule has 1 N–H and O–H groups in total. The Labute approximate surface area is 159 Å². The van der Waals surface area contributed by atoms with Gasteiger partial charge in [-0.25, -0.2) is 9.67 Å². The van der Waals surface area contributed by atoms with E-state index in [9.17, 15) is 4.79 Å². The van der Waals surface area contributed by atoms with Crippen molar-refractivity contribution in [1.82, 2.24) is 25.0 Å². The first-order chi connectivity index (χ1) is 13.1. The van der Waals surface area contributed by atoms with Crippen LogP contribution < -0.4 is 5.32 Å². The molecule has 0 spiro atoms. The maximum atomic E-state index is 12.5. The Kier molecular flexibility index (Phi) is 5.98. The summed E-state index contributed by atoms with van der Waals surface area (Å²) < 4.78 is 1.66. The number of nitrogens with zero attached hydrogens (tertiary/aromatic N) is 4. The summed E-state index contributed by atoms with van der Waals surface area (Å²) in [6, 6.07) is 16.0. The SMILES string of the molecule is CCc1ccc(C(CNC(=O)c2ccc(-n3cncn3)cc2)N(C)C)cc1. The molecule has 3 rings (SSSR count). The van der Waals surface area contributed by atoms with E-state index in [0.29, 0.717) is 12.1 Å². The predicted octanol–water partition coefficient (Wildman–Crippen LogP) is 2.86. The minimum absolute atomic E-state index is 0.0860. The summed E-state index contributed by atoms with van der Waals surface area (Å²) >= 11 is 0. The number of rotatable bonds is 7. The Balaban J connectivity index is 1.65. The van der Waals surface area contributed by atoms with Crippen LogP contribution in [-0.4, -0.2) is 46.2 Å². The lowest BCUT2D eigenvalue weighted by Crippen LogP contribution is -2.34. The molecule has 2 aromatic carbocycles. The number of likely N-dealkylation sites (N-methyl/N-ethyl adjacent to an activating group) is 1. The summed E-state index contributed by atoms with van der Waals surface area (Å²) in [6.45, 7) is 2.69. The van der Waals surface area contributed by atoms with Crippen molar-refractivity contribution in [2.75, 3.05) is 20.6 Å². The second-order valence-corrected chi connectivity index (χ2v) is 6.67. The van der Waals surface area contributed by atoms with Gasteiger partial charge in [-0.15, -0.1) is 0 Å². The number of aryl methyl sites for hydroxylation is 1. The second kappa shape index (κ2) is 8.60. The molecule has 1 unspecified atom stereocenters. The van der Waals surface area contributed by atoms with Crippen molar-refractivity contribution in [2.24, 2.45) is 0 Å². The van der Waals surface area contributed by atoms with Crippen molar-refractivity contribution in [3.05, 3.63) is 77.9 Å². The highest BCUT2D eigenvalue weighted by atomic mass is 16.1. The van der Waals surface area contributed by atoms with Gasteiger partial charge in [0, 0.05) is 12.1 Å². The van der Waals surface area contributed by atoms with Crippen LogP contribution in [0, 0.1) is 0 Å². The zero-order chi connectivity index (χ0) is 19.2. The predicted molar refractivity (Wildman–Crippen MR) is 106 cm³/mol. The molecule has 1 aromatic heterocycles. The second-order valence-electron chi connectivity index (χ2n) is 6.67. The lowest BCUT2D eigenvalue weighted by atomic mass is 10.0. The van der Waals surface area contributed by atoms with Crippen LogP contribution in [0.15, 0.2) is 61.2 Å². The zero-order valence-electron chi connectivity index (χ0n) is 16.0. The number of hydrogen-bond donors (Lipinski definition) is 1. The third-order valence-corrected chi connectivity index (χ3v) is 4.66. The van der Waals surface area contributed by atoms with E-state index >= 15 is 0 Å². The lowest BCUT2D eigenvalue weighted by Gasteiger charge is -2.25. The van der Waals surface area contributed by atoms with E-state index in [-0.39, 0.29) is 11.9 Å². The first kappa shape index (κ1) is 18.8. The number of amides is 1. The van der Waals surface area contributed by atoms with Gasteiger partial charge in [0.1, 0.15) is 12.7 Å². The van der Waals surface area contributed by atoms with Crippen molar-refractivity contribution in [3.63, 3.8) is 0 Å². The van der Waals surface area contributed by atoms with Gasteiger partial charge >= 0.3 is 0 Å². The van der Waals surface area contributed by atoms with E-state index in [4.69, 9.17) is 0 Å². The van der Waals surface area contributed by atoms with Gasteiger partial charge in [-0.05, 0) is 55.9 Å². The Morgan fingerprint density at radius 1 is 1.11 bits per heavy atom. The largest absolute Gasteiger partial charge is 0.350 e. The van der Waals surface area contributed by atoms with Gasteiger partial charge in [0.25, 0.3) is 5.91 Å². The van der Waals surface area contributed by atoms with Crippen LogP contribution >= 0.6 is 0 Å². The van der Waals surface area contributed by atoms with E-state index in [1.165, 1.54) is 17.5 Å². The number of hydrogen-bond acceptors (Lipinski definition) is 4. The van der Waals surface area contributed by atoms with Gasteiger partial charge < -0.3 is 10.2 Å². The van der Waals surface area contributed by atoms with E-state index in [1.807, 2.05) is 26.2 Å². The van der Waals surface area contributed by atoms with Crippen molar-refractivity contribution >= 4 is 5.91 Å². The Hall–Kier alpha value is -2.99. The van der Waals surface area contributed by atoms with Crippen LogP contribution in [0.1, 0.15) is 34.5 Å². The van der Waals surface area contributed by atoms with Crippen molar-refractivity contribution < 1.29 is 4.79 Å². The molecule has 0 aliphatic heterocycles. The maximum Gasteiger partial charge on any atom is 0.251 e. The molecule has 0 saturated heterocycles. The molecule has 27 heavy (non-hydrogen) atoms. The minimum atomic E-state index is -0.0860. The van der Waals surface area contributed by atoms with E-state index in [2.05, 4.69) is 51.5 Å². The summed E-state index contributed by atoms with van der Waals surface area (Å²) in [7, 11) is 4.05. The Bertz CT molecular complexity index is 855.